The average molecular weight is 294 g/mol. The summed E-state index contributed by atoms with van der Waals surface area (Å²) in [5.74, 6) is 0.650. The molecule has 0 aliphatic carbocycles. The molecule has 0 aromatic heterocycles. The minimum absolute atomic E-state index is 0.0295. The highest BCUT2D eigenvalue weighted by Gasteiger charge is 2.17. The van der Waals surface area contributed by atoms with E-state index in [0.717, 1.165) is 13.0 Å². The van der Waals surface area contributed by atoms with E-state index in [9.17, 15) is 9.90 Å². The standard InChI is InChI=1S/C16H26N2O3/c1-11(2)8-13(10-18(3)4)17-16(20)12-6-7-15(21-5)14(19)9-12/h6-7,9,11,13,19H,8,10H2,1-5H3,(H,17,20). The maximum Gasteiger partial charge on any atom is 0.251 e. The van der Waals surface area contributed by atoms with Gasteiger partial charge in [0, 0.05) is 18.2 Å². The average Bonchev–Trinajstić information content (AvgIpc) is 2.36. The van der Waals surface area contributed by atoms with Crippen LogP contribution < -0.4 is 10.1 Å². The number of aromatic hydroxyl groups is 1. The molecule has 0 heterocycles. The molecular formula is C16H26N2O3. The second kappa shape index (κ2) is 7.88. The van der Waals surface area contributed by atoms with Crippen molar-refractivity contribution in [3.05, 3.63) is 23.8 Å². The number of hydrogen-bond donors (Lipinski definition) is 2. The maximum atomic E-state index is 12.3. The molecule has 1 atom stereocenters. The van der Waals surface area contributed by atoms with Crippen molar-refractivity contribution in [1.82, 2.24) is 10.2 Å². The predicted octanol–water partition coefficient (Wildman–Crippen LogP) is 2.11. The first-order valence-corrected chi connectivity index (χ1v) is 7.16. The van der Waals surface area contributed by atoms with Gasteiger partial charge in [-0.2, -0.15) is 0 Å². The summed E-state index contributed by atoms with van der Waals surface area (Å²) in [6, 6.07) is 4.75. The number of amides is 1. The van der Waals surface area contributed by atoms with Crippen LogP contribution in [0.15, 0.2) is 18.2 Å². The Morgan fingerprint density at radius 1 is 1.38 bits per heavy atom. The Labute approximate surface area is 126 Å². The molecule has 1 aromatic carbocycles. The van der Waals surface area contributed by atoms with Gasteiger partial charge in [-0.25, -0.2) is 0 Å². The van der Waals surface area contributed by atoms with Gasteiger partial charge in [0.25, 0.3) is 5.91 Å². The zero-order valence-electron chi connectivity index (χ0n) is 13.5. The molecule has 0 aliphatic heterocycles. The van der Waals surface area contributed by atoms with Gasteiger partial charge < -0.3 is 20.1 Å². The molecule has 1 aromatic rings. The number of ether oxygens (including phenoxy) is 1. The molecule has 0 spiro atoms. The van der Waals surface area contributed by atoms with E-state index in [4.69, 9.17) is 4.74 Å². The van der Waals surface area contributed by atoms with E-state index >= 15 is 0 Å². The van der Waals surface area contributed by atoms with Gasteiger partial charge in [0.1, 0.15) is 0 Å². The van der Waals surface area contributed by atoms with E-state index in [1.165, 1.54) is 13.2 Å². The van der Waals surface area contributed by atoms with E-state index in [0.29, 0.717) is 17.2 Å². The fourth-order valence-corrected chi connectivity index (χ4v) is 2.29. The van der Waals surface area contributed by atoms with Crippen molar-refractivity contribution in [2.75, 3.05) is 27.7 Å². The number of carbonyl (C=O) groups is 1. The summed E-state index contributed by atoms with van der Waals surface area (Å²) >= 11 is 0. The number of nitrogens with one attached hydrogen (secondary N) is 1. The molecule has 0 saturated heterocycles. The van der Waals surface area contributed by atoms with Crippen LogP contribution in [0, 0.1) is 5.92 Å². The quantitative estimate of drug-likeness (QED) is 0.808. The number of hydrogen-bond acceptors (Lipinski definition) is 4. The van der Waals surface area contributed by atoms with Crippen LogP contribution in [-0.4, -0.2) is 49.7 Å². The molecule has 0 fully saturated rings. The van der Waals surface area contributed by atoms with Gasteiger partial charge in [-0.3, -0.25) is 4.79 Å². The molecule has 1 rings (SSSR count). The van der Waals surface area contributed by atoms with Crippen molar-refractivity contribution < 1.29 is 14.6 Å². The van der Waals surface area contributed by atoms with Crippen molar-refractivity contribution in [3.63, 3.8) is 0 Å². The highest BCUT2D eigenvalue weighted by Crippen LogP contribution is 2.26. The number of nitrogens with zero attached hydrogens (tertiary/aromatic N) is 1. The van der Waals surface area contributed by atoms with Crippen LogP contribution in [0.25, 0.3) is 0 Å². The lowest BCUT2D eigenvalue weighted by Gasteiger charge is -2.24. The number of rotatable bonds is 7. The van der Waals surface area contributed by atoms with E-state index in [2.05, 4.69) is 24.1 Å². The Hall–Kier alpha value is -1.75. The van der Waals surface area contributed by atoms with E-state index in [1.807, 2.05) is 14.1 Å². The normalized spacial score (nSPS) is 12.5. The Morgan fingerprint density at radius 3 is 2.52 bits per heavy atom. The van der Waals surface area contributed by atoms with Gasteiger partial charge in [0.15, 0.2) is 11.5 Å². The van der Waals surface area contributed by atoms with Gasteiger partial charge in [-0.05, 0) is 44.6 Å². The summed E-state index contributed by atoms with van der Waals surface area (Å²) in [6.07, 6.45) is 0.909. The van der Waals surface area contributed by atoms with Crippen molar-refractivity contribution in [2.45, 2.75) is 26.3 Å². The summed E-state index contributed by atoms with van der Waals surface area (Å²) in [4.78, 5) is 14.3. The second-order valence-electron chi connectivity index (χ2n) is 5.95. The van der Waals surface area contributed by atoms with Gasteiger partial charge >= 0.3 is 0 Å². The summed E-state index contributed by atoms with van der Waals surface area (Å²) in [7, 11) is 5.45. The van der Waals surface area contributed by atoms with Gasteiger partial charge in [-0.1, -0.05) is 13.8 Å². The number of phenols is 1. The van der Waals surface area contributed by atoms with E-state index < -0.39 is 0 Å². The molecule has 0 saturated carbocycles. The lowest BCUT2D eigenvalue weighted by Crippen LogP contribution is -2.42. The molecule has 5 heteroatoms. The van der Waals surface area contributed by atoms with Crippen LogP contribution in [0.2, 0.25) is 0 Å². The Balaban J connectivity index is 2.78. The van der Waals surface area contributed by atoms with Crippen molar-refractivity contribution in [1.29, 1.82) is 0 Å². The van der Waals surface area contributed by atoms with Crippen LogP contribution in [-0.2, 0) is 0 Å². The van der Waals surface area contributed by atoms with E-state index in [-0.39, 0.29) is 17.7 Å². The zero-order valence-corrected chi connectivity index (χ0v) is 13.5. The first-order valence-electron chi connectivity index (χ1n) is 7.16. The molecule has 21 heavy (non-hydrogen) atoms. The summed E-state index contributed by atoms with van der Waals surface area (Å²) in [5.41, 5.74) is 0.431. The summed E-state index contributed by atoms with van der Waals surface area (Å²) < 4.78 is 4.98. The minimum atomic E-state index is -0.180. The Kier molecular flexibility index (Phi) is 6.49. The monoisotopic (exact) mass is 294 g/mol. The highest BCUT2D eigenvalue weighted by molar-refractivity contribution is 5.95. The fourth-order valence-electron chi connectivity index (χ4n) is 2.29. The minimum Gasteiger partial charge on any atom is -0.504 e. The van der Waals surface area contributed by atoms with Crippen LogP contribution >= 0.6 is 0 Å². The third-order valence-corrected chi connectivity index (χ3v) is 3.12. The number of methoxy groups -OCH3 is 1. The Morgan fingerprint density at radius 2 is 2.05 bits per heavy atom. The molecule has 0 radical (unpaired) electrons. The lowest BCUT2D eigenvalue weighted by atomic mass is 10.0. The molecule has 118 valence electrons. The number of benzene rings is 1. The molecule has 0 bridgehead atoms. The zero-order chi connectivity index (χ0) is 16.0. The summed E-state index contributed by atoms with van der Waals surface area (Å²) in [6.45, 7) is 5.05. The maximum absolute atomic E-state index is 12.3. The van der Waals surface area contributed by atoms with Crippen LogP contribution in [0.1, 0.15) is 30.6 Å². The topological polar surface area (TPSA) is 61.8 Å². The molecule has 1 amide bonds. The molecule has 1 unspecified atom stereocenters. The van der Waals surface area contributed by atoms with Crippen molar-refractivity contribution in [2.24, 2.45) is 5.92 Å². The Bertz CT molecular complexity index is 463. The smallest absolute Gasteiger partial charge is 0.251 e. The first-order chi connectivity index (χ1) is 9.83. The lowest BCUT2D eigenvalue weighted by molar-refractivity contribution is 0.0924. The summed E-state index contributed by atoms with van der Waals surface area (Å²) in [5, 5.41) is 12.8. The third kappa shape index (κ3) is 5.63. The van der Waals surface area contributed by atoms with Gasteiger partial charge in [-0.15, -0.1) is 0 Å². The van der Waals surface area contributed by atoms with Gasteiger partial charge in [0.2, 0.25) is 0 Å². The second-order valence-corrected chi connectivity index (χ2v) is 5.95. The molecule has 5 nitrogen and oxygen atoms in total. The largest absolute Gasteiger partial charge is 0.504 e. The predicted molar refractivity (Wildman–Crippen MR) is 83.9 cm³/mol. The van der Waals surface area contributed by atoms with Crippen LogP contribution in [0.5, 0.6) is 11.5 Å². The number of likely N-dealkylation sites (N-methyl/N-ethyl adjacent to an activating group) is 1. The molecule has 2 N–H and O–H groups in total. The SMILES string of the molecule is COc1ccc(C(=O)NC(CC(C)C)CN(C)C)cc1O. The third-order valence-electron chi connectivity index (χ3n) is 3.12. The number of carbonyl (C=O) groups excluding carboxylic acids is 1. The van der Waals surface area contributed by atoms with Crippen LogP contribution in [0.4, 0.5) is 0 Å². The van der Waals surface area contributed by atoms with Gasteiger partial charge in [0.05, 0.1) is 7.11 Å². The fraction of sp³-hybridized carbons (Fsp3) is 0.562. The van der Waals surface area contributed by atoms with Crippen molar-refractivity contribution in [3.8, 4) is 11.5 Å². The number of phenolic OH excluding ortho intramolecular Hbond substituents is 1. The van der Waals surface area contributed by atoms with E-state index in [1.54, 1.807) is 12.1 Å². The van der Waals surface area contributed by atoms with Crippen molar-refractivity contribution >= 4 is 5.91 Å². The first kappa shape index (κ1) is 17.3. The van der Waals surface area contributed by atoms with Crippen LogP contribution in [0.3, 0.4) is 0 Å². The molecule has 0 aliphatic rings. The molecular weight excluding hydrogens is 268 g/mol. The highest BCUT2D eigenvalue weighted by atomic mass is 16.5.